The fourth-order valence-electron chi connectivity index (χ4n) is 1.35. The van der Waals surface area contributed by atoms with Gasteiger partial charge in [-0.1, -0.05) is 20.8 Å². The van der Waals surface area contributed by atoms with Crippen LogP contribution < -0.4 is 5.32 Å². The van der Waals surface area contributed by atoms with Crippen molar-refractivity contribution in [3.63, 3.8) is 0 Å². The molecular weight excluding hydrogens is 270 g/mol. The Hall–Kier alpha value is -0.553. The summed E-state index contributed by atoms with van der Waals surface area (Å²) >= 11 is 0. The van der Waals surface area contributed by atoms with E-state index in [4.69, 9.17) is 9.16 Å². The lowest BCUT2D eigenvalue weighted by atomic mass is 10.2. The Morgan fingerprint density at radius 1 is 1.05 bits per heavy atom. The highest BCUT2D eigenvalue weighted by molar-refractivity contribution is 6.74. The highest BCUT2D eigenvalue weighted by Gasteiger charge is 2.39. The van der Waals surface area contributed by atoms with Crippen LogP contribution in [0.5, 0.6) is 0 Å². The lowest BCUT2D eigenvalue weighted by Crippen LogP contribution is -2.50. The molecule has 0 fully saturated rings. The van der Waals surface area contributed by atoms with Crippen molar-refractivity contribution in [1.29, 1.82) is 0 Å². The zero-order valence-corrected chi connectivity index (χ0v) is 15.9. The van der Waals surface area contributed by atoms with E-state index < -0.39 is 20.0 Å². The fourth-order valence-corrected chi connectivity index (χ4v) is 2.84. The summed E-state index contributed by atoms with van der Waals surface area (Å²) in [5, 5.41) is 3.01. The number of carbonyl (C=O) groups excluding carboxylic acids is 1. The van der Waals surface area contributed by atoms with Crippen molar-refractivity contribution in [1.82, 2.24) is 5.32 Å². The molecule has 0 aromatic carbocycles. The van der Waals surface area contributed by atoms with Gasteiger partial charge in [-0.25, -0.2) is 4.79 Å². The average molecular weight is 304 g/mol. The minimum Gasteiger partial charge on any atom is -0.444 e. The Morgan fingerprint density at radius 3 is 1.85 bits per heavy atom. The van der Waals surface area contributed by atoms with Crippen molar-refractivity contribution < 1.29 is 14.0 Å². The molecule has 0 saturated carbocycles. The van der Waals surface area contributed by atoms with Gasteiger partial charge in [-0.05, 0) is 52.8 Å². The van der Waals surface area contributed by atoms with Crippen LogP contribution in [0.2, 0.25) is 18.1 Å². The van der Waals surface area contributed by atoms with Crippen LogP contribution in [-0.2, 0) is 9.16 Å². The Balaban J connectivity index is 4.50. The van der Waals surface area contributed by atoms with E-state index in [0.717, 1.165) is 0 Å². The number of alkyl carbamates (subject to hydrolysis) is 1. The molecule has 4 nitrogen and oxygen atoms in total. The zero-order chi connectivity index (χ0) is 16.4. The van der Waals surface area contributed by atoms with Gasteiger partial charge in [0.05, 0.1) is 12.1 Å². The molecule has 0 aliphatic heterocycles. The summed E-state index contributed by atoms with van der Waals surface area (Å²) in [5.41, 5.74) is -0.479. The summed E-state index contributed by atoms with van der Waals surface area (Å²) in [7, 11) is -1.82. The molecule has 1 amide bonds. The third-order valence-electron chi connectivity index (χ3n) is 3.74. The Bertz CT molecular complexity index is 329. The Labute approximate surface area is 125 Å². The predicted molar refractivity (Wildman–Crippen MR) is 86.6 cm³/mol. The van der Waals surface area contributed by atoms with Crippen LogP contribution in [0.25, 0.3) is 0 Å². The van der Waals surface area contributed by atoms with Gasteiger partial charge in [0, 0.05) is 0 Å². The average Bonchev–Trinajstić information content (AvgIpc) is 2.11. The van der Waals surface area contributed by atoms with Gasteiger partial charge in [0.2, 0.25) is 0 Å². The molecule has 20 heavy (non-hydrogen) atoms. The number of amides is 1. The van der Waals surface area contributed by atoms with E-state index in [2.05, 4.69) is 39.2 Å². The van der Waals surface area contributed by atoms with E-state index in [0.29, 0.717) is 0 Å². The minimum absolute atomic E-state index is 0.0385. The van der Waals surface area contributed by atoms with Crippen molar-refractivity contribution >= 4 is 14.4 Å². The maximum atomic E-state index is 11.8. The number of ether oxygens (including phenoxy) is 1. The van der Waals surface area contributed by atoms with Crippen LogP contribution in [0, 0.1) is 0 Å². The first-order valence-corrected chi connectivity index (χ1v) is 10.2. The molecule has 0 aliphatic carbocycles. The molecule has 0 aromatic heterocycles. The molecule has 2 atom stereocenters. The SMILES string of the molecule is C[C@@H](NC(=O)OC(C)(C)C)[C@@H](C)O[Si](C)(C)C(C)(C)C. The van der Waals surface area contributed by atoms with Crippen molar-refractivity contribution in [3.8, 4) is 0 Å². The van der Waals surface area contributed by atoms with Gasteiger partial charge in [0.25, 0.3) is 0 Å². The summed E-state index contributed by atoms with van der Waals surface area (Å²) in [4.78, 5) is 11.8. The first kappa shape index (κ1) is 19.4. The summed E-state index contributed by atoms with van der Waals surface area (Å²) < 4.78 is 11.5. The topological polar surface area (TPSA) is 47.6 Å². The second-order valence-electron chi connectivity index (χ2n) is 8.02. The molecular formula is C15H33NO3Si. The number of hydrogen-bond acceptors (Lipinski definition) is 3. The van der Waals surface area contributed by atoms with Gasteiger partial charge in [-0.2, -0.15) is 0 Å². The Kier molecular flexibility index (Phi) is 6.30. The van der Waals surface area contributed by atoms with Crippen molar-refractivity contribution in [2.75, 3.05) is 0 Å². The van der Waals surface area contributed by atoms with Crippen LogP contribution in [0.1, 0.15) is 55.4 Å². The summed E-state index contributed by atoms with van der Waals surface area (Å²) in [5.74, 6) is 0. The number of nitrogens with one attached hydrogen (secondary N) is 1. The van der Waals surface area contributed by atoms with E-state index in [1.165, 1.54) is 0 Å². The van der Waals surface area contributed by atoms with Crippen molar-refractivity contribution in [2.45, 2.75) is 91.3 Å². The van der Waals surface area contributed by atoms with E-state index in [-0.39, 0.29) is 17.2 Å². The summed E-state index contributed by atoms with van der Waals surface area (Å²) in [6.07, 6.45) is -0.431. The van der Waals surface area contributed by atoms with Gasteiger partial charge < -0.3 is 14.5 Å². The standard InChI is InChI=1S/C15H33NO3Si/c1-11(16-13(17)18-14(3,4)5)12(2)19-20(9,10)15(6,7)8/h11-12H,1-10H3,(H,16,17)/t11-,12-/m1/s1. The molecule has 0 heterocycles. The third-order valence-corrected chi connectivity index (χ3v) is 8.31. The van der Waals surface area contributed by atoms with Crippen LogP contribution in [0.4, 0.5) is 4.79 Å². The molecule has 0 saturated heterocycles. The van der Waals surface area contributed by atoms with Crippen molar-refractivity contribution in [3.05, 3.63) is 0 Å². The van der Waals surface area contributed by atoms with Gasteiger partial charge in [-0.3, -0.25) is 0 Å². The van der Waals surface area contributed by atoms with Crippen molar-refractivity contribution in [2.24, 2.45) is 0 Å². The number of carbonyl (C=O) groups is 1. The smallest absolute Gasteiger partial charge is 0.407 e. The normalized spacial score (nSPS) is 16.5. The lowest BCUT2D eigenvalue weighted by molar-refractivity contribution is 0.0457. The van der Waals surface area contributed by atoms with Crippen LogP contribution in [0.3, 0.4) is 0 Å². The quantitative estimate of drug-likeness (QED) is 0.787. The molecule has 0 bridgehead atoms. The molecule has 120 valence electrons. The Morgan fingerprint density at radius 2 is 1.50 bits per heavy atom. The zero-order valence-electron chi connectivity index (χ0n) is 14.9. The lowest BCUT2D eigenvalue weighted by Gasteiger charge is -2.40. The number of hydrogen-bond donors (Lipinski definition) is 1. The molecule has 5 heteroatoms. The van der Waals surface area contributed by atoms with Crippen LogP contribution in [-0.4, -0.2) is 32.2 Å². The second kappa shape index (κ2) is 6.48. The molecule has 0 rings (SSSR count). The molecule has 0 spiro atoms. The largest absolute Gasteiger partial charge is 0.444 e. The monoisotopic (exact) mass is 303 g/mol. The first-order chi connectivity index (χ1) is 8.66. The van der Waals surface area contributed by atoms with E-state index in [9.17, 15) is 4.79 Å². The van der Waals surface area contributed by atoms with Gasteiger partial charge >= 0.3 is 6.09 Å². The predicted octanol–water partition coefficient (Wildman–Crippen LogP) is 4.31. The number of rotatable bonds is 4. The molecule has 0 radical (unpaired) electrons. The van der Waals surface area contributed by atoms with Crippen LogP contribution in [0.15, 0.2) is 0 Å². The van der Waals surface area contributed by atoms with E-state index >= 15 is 0 Å². The minimum atomic E-state index is -1.82. The van der Waals surface area contributed by atoms with E-state index in [1.54, 1.807) is 0 Å². The third kappa shape index (κ3) is 6.75. The summed E-state index contributed by atoms with van der Waals surface area (Å²) in [6.45, 7) is 20.6. The highest BCUT2D eigenvalue weighted by Crippen LogP contribution is 2.37. The molecule has 0 aliphatic rings. The van der Waals surface area contributed by atoms with Gasteiger partial charge in [-0.15, -0.1) is 0 Å². The summed E-state index contributed by atoms with van der Waals surface area (Å²) in [6, 6.07) is -0.0843. The maximum absolute atomic E-state index is 11.8. The fraction of sp³-hybridized carbons (Fsp3) is 0.933. The molecule has 0 unspecified atom stereocenters. The van der Waals surface area contributed by atoms with Crippen LogP contribution >= 0.6 is 0 Å². The van der Waals surface area contributed by atoms with Gasteiger partial charge in [0.1, 0.15) is 5.60 Å². The molecule has 1 N–H and O–H groups in total. The highest BCUT2D eigenvalue weighted by atomic mass is 28.4. The van der Waals surface area contributed by atoms with Gasteiger partial charge in [0.15, 0.2) is 8.32 Å². The van der Waals surface area contributed by atoms with E-state index in [1.807, 2.05) is 34.6 Å². The molecule has 0 aromatic rings. The first-order valence-electron chi connectivity index (χ1n) is 7.33. The second-order valence-corrected chi connectivity index (χ2v) is 12.8. The maximum Gasteiger partial charge on any atom is 0.407 e.